The van der Waals surface area contributed by atoms with E-state index in [1.807, 2.05) is 32.0 Å². The molecule has 29 heavy (non-hydrogen) atoms. The zero-order valence-corrected chi connectivity index (χ0v) is 17.4. The van der Waals surface area contributed by atoms with Crippen LogP contribution in [0, 0.1) is 25.1 Å². The Morgan fingerprint density at radius 2 is 1.69 bits per heavy atom. The Hall–Kier alpha value is -2.75. The molecular formula is C25H26FNO2. The number of anilines is 1. The Morgan fingerprint density at radius 3 is 2.38 bits per heavy atom. The molecule has 1 atom stereocenters. The van der Waals surface area contributed by atoms with Gasteiger partial charge in [-0.1, -0.05) is 38.1 Å². The van der Waals surface area contributed by atoms with Gasteiger partial charge in [0.15, 0.2) is 5.78 Å². The zero-order valence-electron chi connectivity index (χ0n) is 17.4. The molecule has 3 nitrogen and oxygen atoms in total. The molecule has 1 unspecified atom stereocenters. The number of nitrogens with zero attached hydrogens (tertiary/aromatic N) is 1. The van der Waals surface area contributed by atoms with Gasteiger partial charge < -0.3 is 0 Å². The Labute approximate surface area is 171 Å². The van der Waals surface area contributed by atoms with Crippen molar-refractivity contribution in [3.05, 3.63) is 76.2 Å². The van der Waals surface area contributed by atoms with Crippen molar-refractivity contribution in [2.24, 2.45) is 5.41 Å². The number of aryl methyl sites for hydroxylation is 1. The van der Waals surface area contributed by atoms with Crippen LogP contribution >= 0.6 is 0 Å². The van der Waals surface area contributed by atoms with Gasteiger partial charge in [-0.15, -0.1) is 0 Å². The molecule has 4 heteroatoms. The first-order valence-electron chi connectivity index (χ1n) is 10.1. The highest BCUT2D eigenvalue weighted by Gasteiger charge is 2.44. The van der Waals surface area contributed by atoms with Crippen molar-refractivity contribution in [2.45, 2.75) is 52.9 Å². The van der Waals surface area contributed by atoms with Crippen LogP contribution < -0.4 is 4.90 Å². The summed E-state index contributed by atoms with van der Waals surface area (Å²) < 4.78 is 13.5. The second-order valence-corrected chi connectivity index (χ2v) is 9.06. The van der Waals surface area contributed by atoms with E-state index >= 15 is 0 Å². The molecule has 4 rings (SSSR count). The highest BCUT2D eigenvalue weighted by atomic mass is 19.1. The van der Waals surface area contributed by atoms with Crippen molar-refractivity contribution in [1.82, 2.24) is 0 Å². The first kappa shape index (κ1) is 19.6. The van der Waals surface area contributed by atoms with Crippen molar-refractivity contribution < 1.29 is 14.0 Å². The molecular weight excluding hydrogens is 365 g/mol. The van der Waals surface area contributed by atoms with Gasteiger partial charge in [-0.2, -0.15) is 0 Å². The largest absolute Gasteiger partial charge is 0.294 e. The lowest BCUT2D eigenvalue weighted by atomic mass is 9.69. The Bertz CT molecular complexity index is 1030. The van der Waals surface area contributed by atoms with Gasteiger partial charge in [-0.3, -0.25) is 14.5 Å². The van der Waals surface area contributed by atoms with E-state index in [2.05, 4.69) is 13.8 Å². The van der Waals surface area contributed by atoms with Gasteiger partial charge >= 0.3 is 0 Å². The number of Topliss-reactive ketones (excluding diaryl/α,β-unsaturated/α-hetero) is 1. The first-order chi connectivity index (χ1) is 13.7. The lowest BCUT2D eigenvalue weighted by Crippen LogP contribution is -2.44. The minimum Gasteiger partial charge on any atom is -0.294 e. The number of carbonyl (C=O) groups is 2. The molecule has 0 N–H and O–H groups in total. The molecule has 0 aromatic heterocycles. The van der Waals surface area contributed by atoms with Crippen LogP contribution in [0.25, 0.3) is 0 Å². The molecule has 0 fully saturated rings. The highest BCUT2D eigenvalue weighted by Crippen LogP contribution is 2.48. The van der Waals surface area contributed by atoms with Crippen molar-refractivity contribution in [3.8, 4) is 0 Å². The van der Waals surface area contributed by atoms with Crippen LogP contribution in [0.4, 0.5) is 10.1 Å². The fraction of sp³-hybridized carbons (Fsp3) is 0.360. The average Bonchev–Trinajstić information content (AvgIpc) is 2.63. The third-order valence-electron chi connectivity index (χ3n) is 6.23. The second kappa shape index (κ2) is 6.94. The van der Waals surface area contributed by atoms with Crippen LogP contribution in [0.15, 0.2) is 53.7 Å². The third-order valence-corrected chi connectivity index (χ3v) is 6.23. The van der Waals surface area contributed by atoms with E-state index in [0.29, 0.717) is 12.8 Å². The number of hydrogen-bond acceptors (Lipinski definition) is 2. The molecule has 150 valence electrons. The number of benzene rings is 2. The van der Waals surface area contributed by atoms with Crippen molar-refractivity contribution in [2.75, 3.05) is 4.90 Å². The van der Waals surface area contributed by atoms with Crippen LogP contribution in [0.3, 0.4) is 0 Å². The molecule has 0 saturated heterocycles. The van der Waals surface area contributed by atoms with E-state index in [1.54, 1.807) is 17.0 Å². The summed E-state index contributed by atoms with van der Waals surface area (Å²) in [6, 6.07) is 12.1. The van der Waals surface area contributed by atoms with Crippen LogP contribution in [0.2, 0.25) is 0 Å². The van der Waals surface area contributed by atoms with Crippen molar-refractivity contribution >= 4 is 17.4 Å². The topological polar surface area (TPSA) is 37.4 Å². The maximum Gasteiger partial charge on any atom is 0.232 e. The van der Waals surface area contributed by atoms with Crippen molar-refractivity contribution in [3.63, 3.8) is 0 Å². The van der Waals surface area contributed by atoms with E-state index < -0.39 is 0 Å². The van der Waals surface area contributed by atoms with Crippen molar-refractivity contribution in [1.29, 1.82) is 0 Å². The number of rotatable bonds is 2. The molecule has 0 saturated carbocycles. The Kier molecular flexibility index (Phi) is 4.68. The van der Waals surface area contributed by atoms with E-state index in [9.17, 15) is 14.0 Å². The number of allylic oxidation sites excluding steroid dienone is 2. The second-order valence-electron chi connectivity index (χ2n) is 9.06. The van der Waals surface area contributed by atoms with Crippen LogP contribution in [0.1, 0.15) is 55.7 Å². The smallest absolute Gasteiger partial charge is 0.232 e. The van der Waals surface area contributed by atoms with Gasteiger partial charge in [-0.25, -0.2) is 4.39 Å². The zero-order chi connectivity index (χ0) is 20.9. The molecule has 1 aliphatic carbocycles. The summed E-state index contributed by atoms with van der Waals surface area (Å²) in [7, 11) is 0. The molecule has 1 aliphatic heterocycles. The lowest BCUT2D eigenvalue weighted by Gasteiger charge is -2.43. The molecule has 2 aromatic rings. The fourth-order valence-electron chi connectivity index (χ4n) is 4.65. The summed E-state index contributed by atoms with van der Waals surface area (Å²) >= 11 is 0. The number of amides is 1. The van der Waals surface area contributed by atoms with E-state index in [0.717, 1.165) is 33.6 Å². The molecule has 2 aromatic carbocycles. The van der Waals surface area contributed by atoms with Crippen LogP contribution in [-0.4, -0.2) is 11.7 Å². The maximum absolute atomic E-state index is 13.5. The standard InChI is InChI=1S/C25H26FNO2/c1-15-6-5-7-20(16(15)2)27-21-13-25(3,4)14-22(28)24(21)19(12-23(27)29)17-8-10-18(26)11-9-17/h5-11,19H,12-14H2,1-4H3. The SMILES string of the molecule is Cc1cccc(N2C(=O)CC(c3ccc(F)cc3)C3=C2CC(C)(C)CC3=O)c1C. The first-order valence-corrected chi connectivity index (χ1v) is 10.1. The number of halogens is 1. The molecule has 2 aliphatic rings. The summed E-state index contributed by atoms with van der Waals surface area (Å²) in [6.45, 7) is 8.18. The Balaban J connectivity index is 1.92. The summed E-state index contributed by atoms with van der Waals surface area (Å²) in [5.74, 6) is -0.563. The van der Waals surface area contributed by atoms with Crippen LogP contribution in [-0.2, 0) is 9.59 Å². The van der Waals surface area contributed by atoms with Gasteiger partial charge in [0.25, 0.3) is 0 Å². The maximum atomic E-state index is 13.5. The number of ketones is 1. The summed E-state index contributed by atoms with van der Waals surface area (Å²) in [4.78, 5) is 28.4. The molecule has 0 bridgehead atoms. The van der Waals surface area contributed by atoms with Gasteiger partial charge in [0.1, 0.15) is 5.82 Å². The lowest BCUT2D eigenvalue weighted by molar-refractivity contribution is -0.121. The Morgan fingerprint density at radius 1 is 1.00 bits per heavy atom. The fourth-order valence-corrected chi connectivity index (χ4v) is 4.65. The summed E-state index contributed by atoms with van der Waals surface area (Å²) in [5.41, 5.74) is 5.15. The minimum absolute atomic E-state index is 0.0164. The minimum atomic E-state index is -0.321. The van der Waals surface area contributed by atoms with Crippen LogP contribution in [0.5, 0.6) is 0 Å². The van der Waals surface area contributed by atoms with Gasteiger partial charge in [0, 0.05) is 30.0 Å². The summed E-state index contributed by atoms with van der Waals surface area (Å²) in [5, 5.41) is 0. The molecule has 1 amide bonds. The average molecular weight is 391 g/mol. The quantitative estimate of drug-likeness (QED) is 0.668. The predicted molar refractivity (Wildman–Crippen MR) is 112 cm³/mol. The van der Waals surface area contributed by atoms with Gasteiger partial charge in [0.05, 0.1) is 5.69 Å². The highest BCUT2D eigenvalue weighted by molar-refractivity contribution is 6.08. The van der Waals surface area contributed by atoms with Gasteiger partial charge in [0.2, 0.25) is 5.91 Å². The van der Waals surface area contributed by atoms with E-state index in [1.165, 1.54) is 12.1 Å². The van der Waals surface area contributed by atoms with Gasteiger partial charge in [-0.05, 0) is 60.6 Å². The molecule has 0 radical (unpaired) electrons. The summed E-state index contributed by atoms with van der Waals surface area (Å²) in [6.07, 6.45) is 1.33. The number of carbonyl (C=O) groups excluding carboxylic acids is 2. The predicted octanol–water partition coefficient (Wildman–Crippen LogP) is 5.61. The molecule has 0 spiro atoms. The monoisotopic (exact) mass is 391 g/mol. The van der Waals surface area contributed by atoms with E-state index in [-0.39, 0.29) is 35.3 Å². The molecule has 1 heterocycles. The van der Waals surface area contributed by atoms with E-state index in [4.69, 9.17) is 0 Å². The number of hydrogen-bond donors (Lipinski definition) is 0. The normalized spacial score (nSPS) is 21.4. The third kappa shape index (κ3) is 3.41.